The molecule has 1 aliphatic heterocycles. The predicted octanol–water partition coefficient (Wildman–Crippen LogP) is 3.16. The van der Waals surface area contributed by atoms with E-state index in [0.29, 0.717) is 28.6 Å². The van der Waals surface area contributed by atoms with E-state index in [1.807, 2.05) is 59.3 Å². The van der Waals surface area contributed by atoms with Gasteiger partial charge in [0.1, 0.15) is 0 Å². The minimum Gasteiger partial charge on any atom is -0.481 e. The molecule has 0 saturated heterocycles. The van der Waals surface area contributed by atoms with Crippen LogP contribution in [-0.2, 0) is 20.8 Å². The van der Waals surface area contributed by atoms with Gasteiger partial charge in [0.15, 0.2) is 6.54 Å². The summed E-state index contributed by atoms with van der Waals surface area (Å²) >= 11 is 0. The van der Waals surface area contributed by atoms with Gasteiger partial charge in [-0.05, 0) is 50.0 Å². The van der Waals surface area contributed by atoms with Crippen molar-refractivity contribution in [2.24, 2.45) is 0 Å². The number of amides is 2. The molecule has 0 spiro atoms. The number of carbonyl (C=O) groups excluding carboxylic acids is 2. The number of nitrogens with zero attached hydrogens (tertiary/aromatic N) is 2. The fourth-order valence-corrected chi connectivity index (χ4v) is 4.00. The molecule has 2 aromatic rings. The number of hydrogen-bond donors (Lipinski definition) is 2. The molecule has 0 atom stereocenters. The van der Waals surface area contributed by atoms with Crippen LogP contribution in [0.15, 0.2) is 24.3 Å². The molecule has 7 nitrogen and oxygen atoms in total. The van der Waals surface area contributed by atoms with Crippen LogP contribution in [0.25, 0.3) is 11.6 Å². The van der Waals surface area contributed by atoms with Gasteiger partial charge in [0.05, 0.1) is 32.4 Å². The Labute approximate surface area is 182 Å². The molecule has 7 heteroatoms. The van der Waals surface area contributed by atoms with Gasteiger partial charge in [-0.15, -0.1) is 0 Å². The number of hydrogen-bond acceptors (Lipinski definition) is 3. The van der Waals surface area contributed by atoms with E-state index in [1.54, 1.807) is 6.07 Å². The Morgan fingerprint density at radius 1 is 1.16 bits per heavy atom. The number of fused-ring (bicyclic) bond motifs is 1. The maximum Gasteiger partial charge on any atom is 0.303 e. The first-order valence-electron chi connectivity index (χ1n) is 10.4. The molecule has 0 aliphatic carbocycles. The van der Waals surface area contributed by atoms with Gasteiger partial charge < -0.3 is 14.6 Å². The SMILES string of the molecule is Cc1[nH]c(C=C2C(=O)N(C(=O)C[N+](C)(C)C)c3ccccc32)c(C)c1CCCC(=O)O. The smallest absolute Gasteiger partial charge is 0.303 e. The first-order chi connectivity index (χ1) is 14.5. The Morgan fingerprint density at radius 2 is 1.84 bits per heavy atom. The van der Waals surface area contributed by atoms with Gasteiger partial charge in [0.2, 0.25) is 0 Å². The van der Waals surface area contributed by atoms with E-state index in [4.69, 9.17) is 5.11 Å². The number of aryl methyl sites for hydroxylation is 1. The minimum absolute atomic E-state index is 0.121. The Kier molecular flexibility index (Phi) is 6.18. The number of quaternary nitrogens is 1. The van der Waals surface area contributed by atoms with Crippen LogP contribution in [0.3, 0.4) is 0 Å². The standard InChI is InChI=1S/C24H29N3O4/c1-15-17(10-8-12-23(29)30)16(2)25-20(15)13-19-18-9-6-7-11-21(18)26(24(19)31)22(28)14-27(3,4)5/h6-7,9,11,13H,8,10,12,14H2,1-5H3,(H-,25,29,30,31)/p+1. The number of benzene rings is 1. The van der Waals surface area contributed by atoms with Crippen LogP contribution in [0.4, 0.5) is 5.69 Å². The lowest BCUT2D eigenvalue weighted by Gasteiger charge is -2.25. The van der Waals surface area contributed by atoms with Crippen molar-refractivity contribution in [3.05, 3.63) is 52.3 Å². The Balaban J connectivity index is 1.97. The Morgan fingerprint density at radius 3 is 2.48 bits per heavy atom. The second-order valence-corrected chi connectivity index (χ2v) is 9.07. The zero-order valence-electron chi connectivity index (χ0n) is 18.8. The van der Waals surface area contributed by atoms with Crippen molar-refractivity contribution in [3.63, 3.8) is 0 Å². The molecule has 3 rings (SSSR count). The molecule has 1 aromatic carbocycles. The largest absolute Gasteiger partial charge is 0.481 e. The number of para-hydroxylation sites is 1. The van der Waals surface area contributed by atoms with Gasteiger partial charge in [-0.2, -0.15) is 0 Å². The molecule has 0 unspecified atom stereocenters. The molecule has 0 bridgehead atoms. The average Bonchev–Trinajstić information content (AvgIpc) is 3.08. The fourth-order valence-electron chi connectivity index (χ4n) is 4.00. The molecule has 1 aliphatic rings. The molecule has 2 amide bonds. The number of carboxylic acids is 1. The van der Waals surface area contributed by atoms with Crippen molar-refractivity contribution in [1.29, 1.82) is 0 Å². The molecule has 0 fully saturated rings. The highest BCUT2D eigenvalue weighted by Gasteiger charge is 2.38. The summed E-state index contributed by atoms with van der Waals surface area (Å²) in [6.07, 6.45) is 3.14. The molecular formula is C24H30N3O4+. The number of carboxylic acid groups (broad SMARTS) is 1. The van der Waals surface area contributed by atoms with E-state index in [9.17, 15) is 14.4 Å². The van der Waals surface area contributed by atoms with Crippen LogP contribution in [0.5, 0.6) is 0 Å². The molecule has 164 valence electrons. The minimum atomic E-state index is -0.806. The number of aromatic amines is 1. The fraction of sp³-hybridized carbons (Fsp3) is 0.375. The number of likely N-dealkylation sites (N-methyl/N-ethyl adjacent to an activating group) is 1. The number of carbonyl (C=O) groups is 3. The molecule has 2 heterocycles. The maximum atomic E-state index is 13.3. The van der Waals surface area contributed by atoms with E-state index in [1.165, 1.54) is 4.90 Å². The summed E-state index contributed by atoms with van der Waals surface area (Å²) < 4.78 is 0.429. The number of aromatic nitrogens is 1. The van der Waals surface area contributed by atoms with Crippen molar-refractivity contribution in [3.8, 4) is 0 Å². The van der Waals surface area contributed by atoms with Crippen molar-refractivity contribution >= 4 is 35.1 Å². The molecule has 2 N–H and O–H groups in total. The van der Waals surface area contributed by atoms with Gasteiger partial charge in [-0.1, -0.05) is 18.2 Å². The summed E-state index contributed by atoms with van der Waals surface area (Å²) in [7, 11) is 5.74. The second kappa shape index (κ2) is 8.51. The highest BCUT2D eigenvalue weighted by molar-refractivity contribution is 6.42. The summed E-state index contributed by atoms with van der Waals surface area (Å²) in [4.78, 5) is 41.7. The first kappa shape index (κ1) is 22.5. The molecular weight excluding hydrogens is 394 g/mol. The zero-order chi connectivity index (χ0) is 22.9. The van der Waals surface area contributed by atoms with Gasteiger partial charge in [0, 0.05) is 23.4 Å². The lowest BCUT2D eigenvalue weighted by molar-refractivity contribution is -0.862. The van der Waals surface area contributed by atoms with Crippen LogP contribution < -0.4 is 4.90 Å². The van der Waals surface area contributed by atoms with Gasteiger partial charge in [0.25, 0.3) is 11.8 Å². The lowest BCUT2D eigenvalue weighted by atomic mass is 10.0. The number of aliphatic carboxylic acids is 1. The summed E-state index contributed by atoms with van der Waals surface area (Å²) in [6.45, 7) is 4.13. The van der Waals surface area contributed by atoms with E-state index in [-0.39, 0.29) is 24.8 Å². The number of nitrogens with one attached hydrogen (secondary N) is 1. The average molecular weight is 425 g/mol. The van der Waals surface area contributed by atoms with Crippen LogP contribution in [0, 0.1) is 13.8 Å². The van der Waals surface area contributed by atoms with E-state index in [0.717, 1.165) is 28.1 Å². The first-order valence-corrected chi connectivity index (χ1v) is 10.4. The van der Waals surface area contributed by atoms with Crippen molar-refractivity contribution < 1.29 is 24.0 Å². The second-order valence-electron chi connectivity index (χ2n) is 9.07. The van der Waals surface area contributed by atoms with Crippen molar-refractivity contribution in [2.45, 2.75) is 33.1 Å². The summed E-state index contributed by atoms with van der Waals surface area (Å²) in [5.74, 6) is -1.36. The molecule has 31 heavy (non-hydrogen) atoms. The maximum absolute atomic E-state index is 13.3. The topological polar surface area (TPSA) is 90.5 Å². The molecule has 0 saturated carbocycles. The summed E-state index contributed by atoms with van der Waals surface area (Å²) in [5.41, 5.74) is 5.67. The predicted molar refractivity (Wildman–Crippen MR) is 121 cm³/mol. The lowest BCUT2D eigenvalue weighted by Crippen LogP contribution is -2.47. The number of H-pyrrole nitrogens is 1. The highest BCUT2D eigenvalue weighted by atomic mass is 16.4. The third-order valence-corrected chi connectivity index (χ3v) is 5.47. The van der Waals surface area contributed by atoms with E-state index in [2.05, 4.69) is 4.98 Å². The third-order valence-electron chi connectivity index (χ3n) is 5.47. The summed E-state index contributed by atoms with van der Waals surface area (Å²) in [6, 6.07) is 7.34. The molecule has 0 radical (unpaired) electrons. The highest BCUT2D eigenvalue weighted by Crippen LogP contribution is 2.38. The zero-order valence-corrected chi connectivity index (χ0v) is 18.8. The van der Waals surface area contributed by atoms with Gasteiger partial charge >= 0.3 is 5.97 Å². The third kappa shape index (κ3) is 4.77. The number of imide groups is 1. The van der Waals surface area contributed by atoms with Gasteiger partial charge in [-0.25, -0.2) is 4.90 Å². The monoisotopic (exact) mass is 424 g/mol. The normalized spacial score (nSPS) is 14.9. The molecule has 1 aromatic heterocycles. The van der Waals surface area contributed by atoms with Crippen LogP contribution in [-0.4, -0.2) is 60.0 Å². The summed E-state index contributed by atoms with van der Waals surface area (Å²) in [5, 5.41) is 8.90. The number of rotatable bonds is 7. The Hall–Kier alpha value is -3.19. The van der Waals surface area contributed by atoms with E-state index < -0.39 is 5.97 Å². The number of anilines is 1. The van der Waals surface area contributed by atoms with E-state index >= 15 is 0 Å². The van der Waals surface area contributed by atoms with Crippen LogP contribution in [0.1, 0.15) is 40.9 Å². The van der Waals surface area contributed by atoms with Crippen LogP contribution >= 0.6 is 0 Å². The van der Waals surface area contributed by atoms with Crippen molar-refractivity contribution in [1.82, 2.24) is 4.98 Å². The Bertz CT molecular complexity index is 1070. The van der Waals surface area contributed by atoms with Crippen molar-refractivity contribution in [2.75, 3.05) is 32.6 Å². The quantitative estimate of drug-likeness (QED) is 0.528. The van der Waals surface area contributed by atoms with Crippen LogP contribution in [0.2, 0.25) is 0 Å². The van der Waals surface area contributed by atoms with Gasteiger partial charge in [-0.3, -0.25) is 14.4 Å².